The third kappa shape index (κ3) is 5.28. The molecule has 19 heavy (non-hydrogen) atoms. The van der Waals surface area contributed by atoms with E-state index < -0.39 is 0 Å². The lowest BCUT2D eigenvalue weighted by atomic mass is 10.2. The minimum absolute atomic E-state index is 0. The molecule has 1 atom stereocenters. The average molecular weight is 399 g/mol. The van der Waals surface area contributed by atoms with Crippen molar-refractivity contribution < 1.29 is 0 Å². The Morgan fingerprint density at radius 3 is 2.58 bits per heavy atom. The lowest BCUT2D eigenvalue weighted by Gasteiger charge is -2.37. The number of thioether (sulfide) groups is 1. The van der Waals surface area contributed by atoms with E-state index in [-0.39, 0.29) is 24.0 Å². The summed E-state index contributed by atoms with van der Waals surface area (Å²) in [5, 5.41) is 0. The van der Waals surface area contributed by atoms with Crippen LogP contribution in [-0.2, 0) is 0 Å². The molecule has 0 aliphatic carbocycles. The van der Waals surface area contributed by atoms with Crippen molar-refractivity contribution in [2.45, 2.75) is 6.04 Å². The molecule has 5 nitrogen and oxygen atoms in total. The van der Waals surface area contributed by atoms with Gasteiger partial charge in [-0.15, -0.1) is 24.0 Å². The lowest BCUT2D eigenvalue weighted by Crippen LogP contribution is -2.51. The highest BCUT2D eigenvalue weighted by atomic mass is 127. The van der Waals surface area contributed by atoms with Crippen LogP contribution in [0.4, 0.5) is 0 Å². The molecule has 2 heterocycles. The second-order valence-electron chi connectivity index (χ2n) is 5.19. The van der Waals surface area contributed by atoms with Gasteiger partial charge in [-0.2, -0.15) is 11.8 Å². The van der Waals surface area contributed by atoms with Gasteiger partial charge in [0.15, 0.2) is 5.96 Å². The largest absolute Gasteiger partial charge is 0.370 e. The van der Waals surface area contributed by atoms with E-state index in [1.54, 1.807) is 0 Å². The standard InChI is InChI=1S/C12H25N5S.HI/c1-15-3-4-16(2)11(10-15)9-14-12(13)17-5-7-18-8-6-17;/h11H,3-10H2,1-2H3,(H2,13,14);1H. The molecule has 0 saturated carbocycles. The first kappa shape index (κ1) is 17.3. The molecule has 2 rings (SSSR count). The topological polar surface area (TPSA) is 48.1 Å². The molecule has 0 aromatic carbocycles. The minimum Gasteiger partial charge on any atom is -0.370 e. The summed E-state index contributed by atoms with van der Waals surface area (Å²) in [7, 11) is 4.36. The van der Waals surface area contributed by atoms with Crippen molar-refractivity contribution in [3.63, 3.8) is 0 Å². The smallest absolute Gasteiger partial charge is 0.191 e. The highest BCUT2D eigenvalue weighted by molar-refractivity contribution is 14.0. The van der Waals surface area contributed by atoms with Crippen molar-refractivity contribution in [2.75, 3.05) is 64.9 Å². The Bertz CT molecular complexity index is 296. The van der Waals surface area contributed by atoms with Crippen molar-refractivity contribution >= 4 is 41.7 Å². The predicted octanol–water partition coefficient (Wildman–Crippen LogP) is 0.214. The molecule has 0 spiro atoms. The van der Waals surface area contributed by atoms with E-state index in [2.05, 4.69) is 33.8 Å². The van der Waals surface area contributed by atoms with Gasteiger partial charge in [-0.1, -0.05) is 0 Å². The highest BCUT2D eigenvalue weighted by Gasteiger charge is 2.22. The van der Waals surface area contributed by atoms with Crippen molar-refractivity contribution in [1.82, 2.24) is 14.7 Å². The maximum absolute atomic E-state index is 6.08. The molecule has 2 fully saturated rings. The zero-order valence-corrected chi connectivity index (χ0v) is 15.1. The van der Waals surface area contributed by atoms with Crippen LogP contribution < -0.4 is 5.73 Å². The van der Waals surface area contributed by atoms with Gasteiger partial charge in [0.1, 0.15) is 0 Å². The normalized spacial score (nSPS) is 27.2. The number of hydrogen-bond donors (Lipinski definition) is 1. The van der Waals surface area contributed by atoms with Crippen LogP contribution in [0.2, 0.25) is 0 Å². The van der Waals surface area contributed by atoms with E-state index in [1.807, 2.05) is 11.8 Å². The SMILES string of the molecule is CN1CCN(C)C(CN=C(N)N2CCSCC2)C1.I. The lowest BCUT2D eigenvalue weighted by molar-refractivity contribution is 0.119. The van der Waals surface area contributed by atoms with Gasteiger partial charge in [-0.3, -0.25) is 9.89 Å². The second kappa shape index (κ2) is 8.53. The Morgan fingerprint density at radius 2 is 1.89 bits per heavy atom. The molecule has 1 unspecified atom stereocenters. The molecule has 0 aromatic rings. The maximum Gasteiger partial charge on any atom is 0.191 e. The Hall–Kier alpha value is 0.270. The summed E-state index contributed by atoms with van der Waals surface area (Å²) in [6.07, 6.45) is 0. The molecule has 2 aliphatic heterocycles. The molecule has 112 valence electrons. The molecule has 2 aliphatic rings. The number of nitrogens with two attached hydrogens (primary N) is 1. The highest BCUT2D eigenvalue weighted by Crippen LogP contribution is 2.09. The predicted molar refractivity (Wildman–Crippen MR) is 94.7 cm³/mol. The Labute approximate surface area is 138 Å². The van der Waals surface area contributed by atoms with E-state index in [9.17, 15) is 0 Å². The fourth-order valence-electron chi connectivity index (χ4n) is 2.39. The van der Waals surface area contributed by atoms with Gasteiger partial charge in [0.05, 0.1) is 6.54 Å². The van der Waals surface area contributed by atoms with Crippen molar-refractivity contribution in [1.29, 1.82) is 0 Å². The van der Waals surface area contributed by atoms with Gasteiger partial charge in [0.2, 0.25) is 0 Å². The second-order valence-corrected chi connectivity index (χ2v) is 6.42. The molecule has 0 aromatic heterocycles. The quantitative estimate of drug-likeness (QED) is 0.409. The van der Waals surface area contributed by atoms with E-state index in [1.165, 1.54) is 11.5 Å². The summed E-state index contributed by atoms with van der Waals surface area (Å²) in [5.41, 5.74) is 6.08. The molecular formula is C12H26IN5S. The van der Waals surface area contributed by atoms with Crippen LogP contribution in [0.15, 0.2) is 4.99 Å². The number of piperazine rings is 1. The summed E-state index contributed by atoms with van der Waals surface area (Å²) in [5.74, 6) is 3.07. The van der Waals surface area contributed by atoms with Crippen LogP contribution >= 0.6 is 35.7 Å². The van der Waals surface area contributed by atoms with Crippen molar-refractivity contribution in [3.05, 3.63) is 0 Å². The van der Waals surface area contributed by atoms with Crippen LogP contribution in [0.5, 0.6) is 0 Å². The average Bonchev–Trinajstić information content (AvgIpc) is 2.40. The van der Waals surface area contributed by atoms with Crippen molar-refractivity contribution in [2.24, 2.45) is 10.7 Å². The summed E-state index contributed by atoms with van der Waals surface area (Å²) in [4.78, 5) is 11.6. The van der Waals surface area contributed by atoms with Crippen LogP contribution in [0.3, 0.4) is 0 Å². The molecular weight excluding hydrogens is 373 g/mol. The van der Waals surface area contributed by atoms with Crippen LogP contribution in [0.25, 0.3) is 0 Å². The Morgan fingerprint density at radius 1 is 1.21 bits per heavy atom. The van der Waals surface area contributed by atoms with Gasteiger partial charge >= 0.3 is 0 Å². The van der Waals surface area contributed by atoms with Gasteiger partial charge in [0.25, 0.3) is 0 Å². The zero-order valence-electron chi connectivity index (χ0n) is 11.9. The van der Waals surface area contributed by atoms with E-state index >= 15 is 0 Å². The fourth-order valence-corrected chi connectivity index (χ4v) is 3.29. The number of aliphatic imine (C=N–C) groups is 1. The number of nitrogens with zero attached hydrogens (tertiary/aromatic N) is 4. The number of halogens is 1. The van der Waals surface area contributed by atoms with Crippen molar-refractivity contribution in [3.8, 4) is 0 Å². The molecule has 0 bridgehead atoms. The van der Waals surface area contributed by atoms with Gasteiger partial charge < -0.3 is 15.5 Å². The number of guanidine groups is 1. The third-order valence-corrected chi connectivity index (χ3v) is 4.72. The zero-order chi connectivity index (χ0) is 13.0. The van der Waals surface area contributed by atoms with E-state index in [0.717, 1.165) is 45.2 Å². The van der Waals surface area contributed by atoms with Gasteiger partial charge in [0, 0.05) is 50.3 Å². The third-order valence-electron chi connectivity index (χ3n) is 3.78. The summed E-state index contributed by atoms with van der Waals surface area (Å²) in [6, 6.07) is 0.501. The van der Waals surface area contributed by atoms with Crippen LogP contribution in [0, 0.1) is 0 Å². The first-order valence-electron chi connectivity index (χ1n) is 6.68. The summed E-state index contributed by atoms with van der Waals surface area (Å²) in [6.45, 7) is 6.26. The van der Waals surface area contributed by atoms with Gasteiger partial charge in [-0.05, 0) is 14.1 Å². The molecule has 2 N–H and O–H groups in total. The molecule has 7 heteroatoms. The Balaban J connectivity index is 0.00000180. The first-order chi connectivity index (χ1) is 8.66. The molecule has 0 radical (unpaired) electrons. The monoisotopic (exact) mass is 399 g/mol. The first-order valence-corrected chi connectivity index (χ1v) is 7.83. The molecule has 2 saturated heterocycles. The fraction of sp³-hybridized carbons (Fsp3) is 0.917. The number of hydrogen-bond acceptors (Lipinski definition) is 4. The molecule has 0 amide bonds. The van der Waals surface area contributed by atoms with Gasteiger partial charge in [-0.25, -0.2) is 0 Å². The summed E-state index contributed by atoms with van der Waals surface area (Å²) < 4.78 is 0. The maximum atomic E-state index is 6.08. The van der Waals surface area contributed by atoms with Crippen LogP contribution in [0.1, 0.15) is 0 Å². The number of rotatable bonds is 2. The van der Waals surface area contributed by atoms with E-state index in [4.69, 9.17) is 5.73 Å². The minimum atomic E-state index is 0. The van der Waals surface area contributed by atoms with Crippen LogP contribution in [-0.4, -0.2) is 91.6 Å². The number of likely N-dealkylation sites (N-methyl/N-ethyl adjacent to an activating group) is 2. The Kier molecular flexibility index (Phi) is 7.78. The van der Waals surface area contributed by atoms with E-state index in [0.29, 0.717) is 6.04 Å². The summed E-state index contributed by atoms with van der Waals surface area (Å²) >= 11 is 2.00.